The molecule has 21 heavy (non-hydrogen) atoms. The van der Waals surface area contributed by atoms with E-state index in [4.69, 9.17) is 16.3 Å². The van der Waals surface area contributed by atoms with E-state index in [1.165, 1.54) is 0 Å². The lowest BCUT2D eigenvalue weighted by Crippen LogP contribution is -2.00. The Balaban J connectivity index is 1.78. The first-order valence-corrected chi connectivity index (χ1v) is 7.54. The van der Waals surface area contributed by atoms with Crippen molar-refractivity contribution in [3.63, 3.8) is 0 Å². The number of H-pyrrole nitrogens is 1. The fourth-order valence-corrected chi connectivity index (χ4v) is 3.03. The van der Waals surface area contributed by atoms with Gasteiger partial charge >= 0.3 is 0 Å². The average molecular weight is 367 g/mol. The predicted octanol–water partition coefficient (Wildman–Crippen LogP) is 4.60. The molecule has 0 atom stereocenters. The highest BCUT2D eigenvalue weighted by Gasteiger charge is 2.04. The largest absolute Gasteiger partial charge is 0.497 e. The van der Waals surface area contributed by atoms with Crippen LogP contribution in [0.1, 0.15) is 5.56 Å². The normalized spacial score (nSPS) is 10.8. The zero-order chi connectivity index (χ0) is 14.8. The molecule has 4 nitrogen and oxygen atoms in total. The fraction of sp³-hybridized carbons (Fsp3) is 0.133. The molecule has 2 N–H and O–H groups in total. The lowest BCUT2D eigenvalue weighted by atomic mass is 10.2. The number of nitrogens with zero attached hydrogens (tertiary/aromatic N) is 1. The molecule has 0 unspecified atom stereocenters. The molecule has 3 rings (SSSR count). The number of imidazole rings is 1. The van der Waals surface area contributed by atoms with E-state index in [9.17, 15) is 0 Å². The first-order chi connectivity index (χ1) is 10.1. The van der Waals surface area contributed by atoms with Crippen molar-refractivity contribution >= 4 is 44.5 Å². The Morgan fingerprint density at radius 1 is 1.29 bits per heavy atom. The van der Waals surface area contributed by atoms with Crippen LogP contribution in [0.15, 0.2) is 40.9 Å². The van der Waals surface area contributed by atoms with Crippen LogP contribution in [0.25, 0.3) is 11.0 Å². The lowest BCUT2D eigenvalue weighted by Gasteiger charge is -2.04. The van der Waals surface area contributed by atoms with E-state index in [-0.39, 0.29) is 0 Å². The van der Waals surface area contributed by atoms with Crippen molar-refractivity contribution in [2.45, 2.75) is 6.54 Å². The van der Waals surface area contributed by atoms with Crippen molar-refractivity contribution in [2.24, 2.45) is 0 Å². The summed E-state index contributed by atoms with van der Waals surface area (Å²) in [6.45, 7) is 0.635. The van der Waals surface area contributed by atoms with Gasteiger partial charge in [-0.15, -0.1) is 0 Å². The summed E-state index contributed by atoms with van der Waals surface area (Å²) in [5, 5.41) is 3.96. The number of hydrogen-bond acceptors (Lipinski definition) is 3. The van der Waals surface area contributed by atoms with Gasteiger partial charge in [0.05, 0.1) is 18.1 Å². The predicted molar refractivity (Wildman–Crippen MR) is 89.1 cm³/mol. The molecule has 1 aromatic heterocycles. The van der Waals surface area contributed by atoms with Crippen LogP contribution in [0.2, 0.25) is 5.02 Å². The van der Waals surface area contributed by atoms with Crippen molar-refractivity contribution in [1.29, 1.82) is 0 Å². The maximum atomic E-state index is 6.03. The van der Waals surface area contributed by atoms with Crippen LogP contribution in [0.4, 0.5) is 5.95 Å². The maximum absolute atomic E-state index is 6.03. The van der Waals surface area contributed by atoms with Gasteiger partial charge in [0, 0.05) is 22.1 Å². The van der Waals surface area contributed by atoms with Crippen LogP contribution < -0.4 is 10.1 Å². The number of methoxy groups -OCH3 is 1. The van der Waals surface area contributed by atoms with Gasteiger partial charge in [0.1, 0.15) is 5.75 Å². The molecule has 0 saturated heterocycles. The molecule has 3 aromatic rings. The minimum Gasteiger partial charge on any atom is -0.497 e. The highest BCUT2D eigenvalue weighted by molar-refractivity contribution is 9.10. The Hall–Kier alpha value is -1.72. The van der Waals surface area contributed by atoms with Crippen LogP contribution in [0.3, 0.4) is 0 Å². The van der Waals surface area contributed by atoms with Crippen LogP contribution >= 0.6 is 27.5 Å². The Kier molecular flexibility index (Phi) is 4.03. The molecule has 6 heteroatoms. The second-order valence-corrected chi connectivity index (χ2v) is 5.95. The first-order valence-electron chi connectivity index (χ1n) is 6.36. The van der Waals surface area contributed by atoms with Gasteiger partial charge in [0.25, 0.3) is 0 Å². The molecule has 0 amide bonds. The molecular formula is C15H13BrClN3O. The van der Waals surface area contributed by atoms with Gasteiger partial charge in [-0.05, 0) is 35.9 Å². The maximum Gasteiger partial charge on any atom is 0.201 e. The summed E-state index contributed by atoms with van der Waals surface area (Å²) in [6.07, 6.45) is 0. The zero-order valence-electron chi connectivity index (χ0n) is 11.3. The molecular weight excluding hydrogens is 354 g/mol. The van der Waals surface area contributed by atoms with E-state index < -0.39 is 0 Å². The molecule has 0 bridgehead atoms. The van der Waals surface area contributed by atoms with Gasteiger partial charge in [-0.2, -0.15) is 0 Å². The Bertz CT molecular complexity index is 767. The van der Waals surface area contributed by atoms with E-state index in [0.717, 1.165) is 26.8 Å². The summed E-state index contributed by atoms with van der Waals surface area (Å²) in [4.78, 5) is 7.70. The molecule has 0 aliphatic rings. The number of fused-ring (bicyclic) bond motifs is 1. The molecule has 1 heterocycles. The van der Waals surface area contributed by atoms with Crippen molar-refractivity contribution in [1.82, 2.24) is 9.97 Å². The van der Waals surface area contributed by atoms with E-state index in [2.05, 4.69) is 31.2 Å². The number of anilines is 1. The van der Waals surface area contributed by atoms with Crippen LogP contribution in [0, 0.1) is 0 Å². The van der Waals surface area contributed by atoms with E-state index in [1.807, 2.05) is 36.4 Å². The van der Waals surface area contributed by atoms with Crippen LogP contribution in [0.5, 0.6) is 5.75 Å². The number of aromatic amines is 1. The summed E-state index contributed by atoms with van der Waals surface area (Å²) < 4.78 is 6.16. The van der Waals surface area contributed by atoms with Gasteiger partial charge in [0.15, 0.2) is 0 Å². The van der Waals surface area contributed by atoms with E-state index in [0.29, 0.717) is 17.5 Å². The Labute approximate surface area is 135 Å². The fourth-order valence-electron chi connectivity index (χ4n) is 2.10. The second kappa shape index (κ2) is 5.95. The Morgan fingerprint density at radius 3 is 2.90 bits per heavy atom. The minimum absolute atomic E-state index is 0.635. The van der Waals surface area contributed by atoms with Gasteiger partial charge < -0.3 is 15.0 Å². The number of aromatic nitrogens is 2. The SMILES string of the molecule is COc1ccc2nc(NCc3cc(Cl)cc(Br)c3)[nH]c2c1. The average Bonchev–Trinajstić information content (AvgIpc) is 2.85. The number of benzene rings is 2. The molecule has 0 aliphatic heterocycles. The van der Waals surface area contributed by atoms with Gasteiger partial charge in [0.2, 0.25) is 5.95 Å². The van der Waals surface area contributed by atoms with Crippen LogP contribution in [-0.4, -0.2) is 17.1 Å². The van der Waals surface area contributed by atoms with E-state index in [1.54, 1.807) is 7.11 Å². The topological polar surface area (TPSA) is 49.9 Å². The number of ether oxygens (including phenoxy) is 1. The minimum atomic E-state index is 0.635. The third kappa shape index (κ3) is 3.31. The molecule has 0 aliphatic carbocycles. The van der Waals surface area contributed by atoms with Gasteiger partial charge in [-0.1, -0.05) is 27.5 Å². The number of halogens is 2. The Morgan fingerprint density at radius 2 is 2.14 bits per heavy atom. The molecule has 0 fully saturated rings. The van der Waals surface area contributed by atoms with Crippen LogP contribution in [-0.2, 0) is 6.54 Å². The van der Waals surface area contributed by atoms with Crippen molar-refractivity contribution in [3.8, 4) is 5.75 Å². The van der Waals surface area contributed by atoms with E-state index >= 15 is 0 Å². The highest BCUT2D eigenvalue weighted by Crippen LogP contribution is 2.22. The number of hydrogen-bond donors (Lipinski definition) is 2. The van der Waals surface area contributed by atoms with Gasteiger partial charge in [-0.3, -0.25) is 0 Å². The van der Waals surface area contributed by atoms with Crippen molar-refractivity contribution < 1.29 is 4.74 Å². The van der Waals surface area contributed by atoms with Crippen molar-refractivity contribution in [3.05, 3.63) is 51.5 Å². The zero-order valence-corrected chi connectivity index (χ0v) is 13.6. The number of rotatable bonds is 4. The quantitative estimate of drug-likeness (QED) is 0.709. The summed E-state index contributed by atoms with van der Waals surface area (Å²) in [7, 11) is 1.65. The molecule has 0 spiro atoms. The lowest BCUT2D eigenvalue weighted by molar-refractivity contribution is 0.415. The monoisotopic (exact) mass is 365 g/mol. The smallest absolute Gasteiger partial charge is 0.201 e. The third-order valence-electron chi connectivity index (χ3n) is 3.07. The summed E-state index contributed by atoms with van der Waals surface area (Å²) in [6, 6.07) is 11.5. The first kappa shape index (κ1) is 14.2. The summed E-state index contributed by atoms with van der Waals surface area (Å²) in [5.41, 5.74) is 2.90. The standard InChI is InChI=1S/C15H13BrClN3O/c1-21-12-2-3-13-14(7-12)20-15(19-13)18-8-9-4-10(16)6-11(17)5-9/h2-7H,8H2,1H3,(H2,18,19,20). The molecule has 0 saturated carbocycles. The van der Waals surface area contributed by atoms with Gasteiger partial charge in [-0.25, -0.2) is 4.98 Å². The third-order valence-corrected chi connectivity index (χ3v) is 3.75. The summed E-state index contributed by atoms with van der Waals surface area (Å²) in [5.74, 6) is 1.52. The summed E-state index contributed by atoms with van der Waals surface area (Å²) >= 11 is 9.47. The van der Waals surface area contributed by atoms with Crippen molar-refractivity contribution in [2.75, 3.05) is 12.4 Å². The molecule has 0 radical (unpaired) electrons. The molecule has 2 aromatic carbocycles. The number of nitrogens with one attached hydrogen (secondary N) is 2. The highest BCUT2D eigenvalue weighted by atomic mass is 79.9. The second-order valence-electron chi connectivity index (χ2n) is 4.60. The molecule has 108 valence electrons.